The topological polar surface area (TPSA) is 64.3 Å². The molecule has 0 aliphatic carbocycles. The Kier molecular flexibility index (Phi) is 8.17. The second-order valence-electron chi connectivity index (χ2n) is 5.63. The third kappa shape index (κ3) is 11.6. The minimum absolute atomic E-state index is 0.0332. The van der Waals surface area contributed by atoms with Crippen molar-refractivity contribution in [2.24, 2.45) is 11.1 Å². The Morgan fingerprint density at radius 3 is 2.59 bits per heavy atom. The van der Waals surface area contributed by atoms with Crippen LogP contribution in [0.5, 0.6) is 0 Å². The van der Waals surface area contributed by atoms with Gasteiger partial charge in [0.25, 0.3) is 0 Å². The van der Waals surface area contributed by atoms with Gasteiger partial charge in [-0.05, 0) is 25.2 Å². The van der Waals surface area contributed by atoms with Gasteiger partial charge in [-0.3, -0.25) is 4.79 Å². The lowest BCUT2D eigenvalue weighted by Crippen LogP contribution is -2.39. The van der Waals surface area contributed by atoms with Gasteiger partial charge in [-0.15, -0.1) is 0 Å². The van der Waals surface area contributed by atoms with Gasteiger partial charge < -0.3 is 15.8 Å². The standard InChI is InChI=1S/C13H28N2O2/c1-5-17-8-6-7-12(16)15-10-11(14)9-13(2,3)4/h11H,5-10,14H2,1-4H3,(H,15,16). The molecule has 1 amide bonds. The van der Waals surface area contributed by atoms with Crippen LogP contribution < -0.4 is 11.1 Å². The molecule has 1 unspecified atom stereocenters. The normalized spacial score (nSPS) is 13.5. The summed E-state index contributed by atoms with van der Waals surface area (Å²) in [5.74, 6) is 0.0639. The van der Waals surface area contributed by atoms with Crippen molar-refractivity contribution in [1.82, 2.24) is 5.32 Å². The van der Waals surface area contributed by atoms with Gasteiger partial charge in [0.1, 0.15) is 0 Å². The summed E-state index contributed by atoms with van der Waals surface area (Å²) in [6.45, 7) is 10.3. The molecule has 17 heavy (non-hydrogen) atoms. The lowest BCUT2D eigenvalue weighted by Gasteiger charge is -2.23. The Morgan fingerprint density at radius 2 is 2.06 bits per heavy atom. The van der Waals surface area contributed by atoms with Gasteiger partial charge in [0, 0.05) is 32.2 Å². The molecule has 0 bridgehead atoms. The molecule has 0 saturated carbocycles. The molecule has 0 radical (unpaired) electrons. The van der Waals surface area contributed by atoms with E-state index in [0.717, 1.165) is 12.8 Å². The average molecular weight is 244 g/mol. The molecule has 0 spiro atoms. The molecule has 0 aliphatic heterocycles. The number of nitrogens with two attached hydrogens (primary N) is 1. The van der Waals surface area contributed by atoms with Gasteiger partial charge in [0.15, 0.2) is 0 Å². The van der Waals surface area contributed by atoms with Crippen LogP contribution in [0.3, 0.4) is 0 Å². The molecule has 0 aromatic rings. The highest BCUT2D eigenvalue weighted by Crippen LogP contribution is 2.19. The van der Waals surface area contributed by atoms with E-state index in [9.17, 15) is 4.79 Å². The first-order valence-electron chi connectivity index (χ1n) is 6.45. The number of amides is 1. The Balaban J connectivity index is 3.56. The van der Waals surface area contributed by atoms with Gasteiger partial charge in [-0.2, -0.15) is 0 Å². The van der Waals surface area contributed by atoms with Crippen molar-refractivity contribution >= 4 is 5.91 Å². The molecule has 0 heterocycles. The van der Waals surface area contributed by atoms with Crippen LogP contribution in [0.1, 0.15) is 47.0 Å². The van der Waals surface area contributed by atoms with Crippen molar-refractivity contribution in [2.75, 3.05) is 19.8 Å². The largest absolute Gasteiger partial charge is 0.382 e. The first-order chi connectivity index (χ1) is 7.85. The summed E-state index contributed by atoms with van der Waals surface area (Å²) < 4.78 is 5.17. The molecule has 0 aromatic heterocycles. The highest BCUT2D eigenvalue weighted by molar-refractivity contribution is 5.75. The van der Waals surface area contributed by atoms with E-state index in [2.05, 4.69) is 26.1 Å². The fourth-order valence-corrected chi connectivity index (χ4v) is 1.67. The molecule has 4 nitrogen and oxygen atoms in total. The van der Waals surface area contributed by atoms with Crippen molar-refractivity contribution in [1.29, 1.82) is 0 Å². The third-order valence-corrected chi connectivity index (χ3v) is 2.33. The fourth-order valence-electron chi connectivity index (χ4n) is 1.67. The Labute approximate surface area is 105 Å². The van der Waals surface area contributed by atoms with E-state index >= 15 is 0 Å². The first kappa shape index (κ1) is 16.4. The van der Waals surface area contributed by atoms with Crippen molar-refractivity contribution in [2.45, 2.75) is 53.0 Å². The van der Waals surface area contributed by atoms with Gasteiger partial charge >= 0.3 is 0 Å². The van der Waals surface area contributed by atoms with Gasteiger partial charge in [-0.25, -0.2) is 0 Å². The molecule has 3 N–H and O–H groups in total. The van der Waals surface area contributed by atoms with Gasteiger partial charge in [-0.1, -0.05) is 20.8 Å². The third-order valence-electron chi connectivity index (χ3n) is 2.33. The maximum absolute atomic E-state index is 11.5. The monoisotopic (exact) mass is 244 g/mol. The summed E-state index contributed by atoms with van der Waals surface area (Å²) in [5.41, 5.74) is 6.15. The number of nitrogens with one attached hydrogen (secondary N) is 1. The summed E-state index contributed by atoms with van der Waals surface area (Å²) in [6.07, 6.45) is 2.20. The quantitative estimate of drug-likeness (QED) is 0.639. The number of carbonyl (C=O) groups is 1. The molecule has 0 saturated heterocycles. The van der Waals surface area contributed by atoms with Crippen molar-refractivity contribution in [3.05, 3.63) is 0 Å². The summed E-state index contributed by atoms with van der Waals surface area (Å²) in [6, 6.07) is 0.0332. The number of hydrogen-bond donors (Lipinski definition) is 2. The van der Waals surface area contributed by atoms with Crippen LogP contribution in [-0.2, 0) is 9.53 Å². The zero-order valence-corrected chi connectivity index (χ0v) is 11.7. The maximum atomic E-state index is 11.5. The second-order valence-corrected chi connectivity index (χ2v) is 5.63. The number of hydrogen-bond acceptors (Lipinski definition) is 3. The van der Waals surface area contributed by atoms with E-state index in [1.165, 1.54) is 0 Å². The molecule has 0 rings (SSSR count). The van der Waals surface area contributed by atoms with E-state index in [0.29, 0.717) is 26.2 Å². The van der Waals surface area contributed by atoms with Gasteiger partial charge in [0.2, 0.25) is 5.91 Å². The number of ether oxygens (including phenoxy) is 1. The van der Waals surface area contributed by atoms with Crippen LogP contribution in [0.25, 0.3) is 0 Å². The summed E-state index contributed by atoms with van der Waals surface area (Å²) in [5, 5.41) is 2.86. The summed E-state index contributed by atoms with van der Waals surface area (Å²) in [7, 11) is 0. The van der Waals surface area contributed by atoms with Crippen LogP contribution in [-0.4, -0.2) is 31.7 Å². The van der Waals surface area contributed by atoms with Gasteiger partial charge in [0.05, 0.1) is 0 Å². The maximum Gasteiger partial charge on any atom is 0.220 e. The Hall–Kier alpha value is -0.610. The molecule has 1 atom stereocenters. The van der Waals surface area contributed by atoms with Crippen LogP contribution in [0.4, 0.5) is 0 Å². The fraction of sp³-hybridized carbons (Fsp3) is 0.923. The molecule has 0 fully saturated rings. The van der Waals surface area contributed by atoms with E-state index in [1.807, 2.05) is 6.92 Å². The van der Waals surface area contributed by atoms with E-state index < -0.39 is 0 Å². The van der Waals surface area contributed by atoms with Crippen molar-refractivity contribution in [3.8, 4) is 0 Å². The minimum atomic E-state index is 0.0332. The molecule has 4 heteroatoms. The number of rotatable bonds is 8. The Bertz CT molecular complexity index is 212. The zero-order valence-electron chi connectivity index (χ0n) is 11.7. The van der Waals surface area contributed by atoms with E-state index in [1.54, 1.807) is 0 Å². The van der Waals surface area contributed by atoms with Crippen LogP contribution in [0.15, 0.2) is 0 Å². The smallest absolute Gasteiger partial charge is 0.220 e. The average Bonchev–Trinajstić information content (AvgIpc) is 2.19. The molecule has 0 aromatic carbocycles. The minimum Gasteiger partial charge on any atom is -0.382 e. The lowest BCUT2D eigenvalue weighted by molar-refractivity contribution is -0.121. The highest BCUT2D eigenvalue weighted by atomic mass is 16.5. The Morgan fingerprint density at radius 1 is 1.41 bits per heavy atom. The van der Waals surface area contributed by atoms with E-state index in [4.69, 9.17) is 10.5 Å². The van der Waals surface area contributed by atoms with Crippen LogP contribution in [0, 0.1) is 5.41 Å². The molecule has 102 valence electrons. The lowest BCUT2D eigenvalue weighted by atomic mass is 9.88. The van der Waals surface area contributed by atoms with Crippen LogP contribution >= 0.6 is 0 Å². The molecule has 0 aliphatic rings. The second kappa shape index (κ2) is 8.48. The summed E-state index contributed by atoms with van der Waals surface area (Å²) in [4.78, 5) is 11.5. The summed E-state index contributed by atoms with van der Waals surface area (Å²) >= 11 is 0. The first-order valence-corrected chi connectivity index (χ1v) is 6.45. The predicted octanol–water partition coefficient (Wildman–Crippen LogP) is 1.68. The predicted molar refractivity (Wildman–Crippen MR) is 70.8 cm³/mol. The number of carbonyl (C=O) groups excluding carboxylic acids is 1. The zero-order chi connectivity index (χ0) is 13.3. The highest BCUT2D eigenvalue weighted by Gasteiger charge is 2.15. The molecular formula is C13H28N2O2. The molecular weight excluding hydrogens is 216 g/mol. The van der Waals surface area contributed by atoms with Crippen molar-refractivity contribution in [3.63, 3.8) is 0 Å². The van der Waals surface area contributed by atoms with E-state index in [-0.39, 0.29) is 17.4 Å². The van der Waals surface area contributed by atoms with Crippen LogP contribution in [0.2, 0.25) is 0 Å². The van der Waals surface area contributed by atoms with Crippen molar-refractivity contribution < 1.29 is 9.53 Å². The SMILES string of the molecule is CCOCCCC(=O)NCC(N)CC(C)(C)C.